The second-order valence-electron chi connectivity index (χ2n) is 6.10. The molecule has 82 valence electrons. The maximum atomic E-state index is 12.1. The van der Waals surface area contributed by atoms with Crippen molar-refractivity contribution in [3.63, 3.8) is 0 Å². The van der Waals surface area contributed by atoms with E-state index in [1.54, 1.807) is 0 Å². The predicted octanol–water partition coefficient (Wildman–Crippen LogP) is 1.59. The fourth-order valence-corrected chi connectivity index (χ4v) is 1.75. The van der Waals surface area contributed by atoms with Crippen LogP contribution in [0.4, 0.5) is 0 Å². The van der Waals surface area contributed by atoms with Crippen LogP contribution in [-0.4, -0.2) is 29.1 Å². The number of rotatable bonds is 0. The zero-order chi connectivity index (χ0) is 11.1. The van der Waals surface area contributed by atoms with E-state index >= 15 is 0 Å². The van der Waals surface area contributed by atoms with Crippen molar-refractivity contribution in [2.75, 3.05) is 6.67 Å². The predicted molar refractivity (Wildman–Crippen MR) is 57.8 cm³/mol. The van der Waals surface area contributed by atoms with Crippen molar-refractivity contribution in [1.29, 1.82) is 0 Å². The summed E-state index contributed by atoms with van der Waals surface area (Å²) >= 11 is 0. The molecule has 1 rings (SSSR count). The third-order valence-electron chi connectivity index (χ3n) is 2.64. The minimum absolute atomic E-state index is 0.00289. The fourth-order valence-electron chi connectivity index (χ4n) is 1.75. The van der Waals surface area contributed by atoms with Crippen LogP contribution in [0.2, 0.25) is 0 Å². The van der Waals surface area contributed by atoms with Gasteiger partial charge in [0.05, 0.1) is 12.7 Å². The molecule has 0 radical (unpaired) electrons. The van der Waals surface area contributed by atoms with Gasteiger partial charge >= 0.3 is 0 Å². The van der Waals surface area contributed by atoms with Crippen molar-refractivity contribution in [1.82, 2.24) is 10.2 Å². The van der Waals surface area contributed by atoms with E-state index < -0.39 is 0 Å². The van der Waals surface area contributed by atoms with Crippen LogP contribution in [0.5, 0.6) is 0 Å². The minimum atomic E-state index is -0.0793. The summed E-state index contributed by atoms with van der Waals surface area (Å²) in [5, 5.41) is 3.28. The Morgan fingerprint density at radius 2 is 1.71 bits per heavy atom. The Bertz CT molecular complexity index is 211. The molecule has 1 aliphatic rings. The summed E-state index contributed by atoms with van der Waals surface area (Å²) in [5.41, 5.74) is -0.0822. The van der Waals surface area contributed by atoms with E-state index in [1.807, 2.05) is 4.90 Å². The average Bonchev–Trinajstić information content (AvgIpc) is 2.26. The topological polar surface area (TPSA) is 32.3 Å². The lowest BCUT2D eigenvalue weighted by atomic mass is 9.86. The maximum absolute atomic E-state index is 12.1. The maximum Gasteiger partial charge on any atom is 0.241 e. The highest BCUT2D eigenvalue weighted by molar-refractivity contribution is 5.85. The summed E-state index contributed by atoms with van der Waals surface area (Å²) in [6, 6.07) is -0.0401. The number of carbonyl (C=O) groups is 1. The van der Waals surface area contributed by atoms with Crippen LogP contribution < -0.4 is 5.32 Å². The zero-order valence-corrected chi connectivity index (χ0v) is 10.1. The van der Waals surface area contributed by atoms with Crippen LogP contribution in [0.25, 0.3) is 0 Å². The highest BCUT2D eigenvalue weighted by atomic mass is 16.2. The molecule has 1 unspecified atom stereocenters. The van der Waals surface area contributed by atoms with Gasteiger partial charge in [0.15, 0.2) is 0 Å². The lowest BCUT2D eigenvalue weighted by Crippen LogP contribution is -2.46. The van der Waals surface area contributed by atoms with E-state index in [0.717, 1.165) is 0 Å². The second kappa shape index (κ2) is 3.23. The molecular weight excluding hydrogens is 176 g/mol. The van der Waals surface area contributed by atoms with E-state index in [9.17, 15) is 4.79 Å². The molecule has 1 atom stereocenters. The first-order valence-electron chi connectivity index (χ1n) is 5.19. The van der Waals surface area contributed by atoms with Crippen LogP contribution in [0.3, 0.4) is 0 Å². The Kier molecular flexibility index (Phi) is 2.65. The van der Waals surface area contributed by atoms with Gasteiger partial charge in [-0.25, -0.2) is 0 Å². The first kappa shape index (κ1) is 11.5. The zero-order valence-electron chi connectivity index (χ0n) is 10.1. The third-order valence-corrected chi connectivity index (χ3v) is 2.64. The molecule has 1 heterocycles. The van der Waals surface area contributed by atoms with Gasteiger partial charge in [-0.1, -0.05) is 20.8 Å². The van der Waals surface area contributed by atoms with Crippen molar-refractivity contribution in [2.24, 2.45) is 5.41 Å². The molecule has 0 saturated carbocycles. The largest absolute Gasteiger partial charge is 0.324 e. The lowest BCUT2D eigenvalue weighted by molar-refractivity contribution is -0.134. The molecule has 0 aromatic rings. The monoisotopic (exact) mass is 198 g/mol. The van der Waals surface area contributed by atoms with Crippen molar-refractivity contribution in [3.05, 3.63) is 0 Å². The highest BCUT2D eigenvalue weighted by Crippen LogP contribution is 2.27. The fraction of sp³-hybridized carbons (Fsp3) is 0.909. The van der Waals surface area contributed by atoms with E-state index in [0.29, 0.717) is 6.67 Å². The molecule has 1 saturated heterocycles. The SMILES string of the molecule is CC(C)(C)C1NCN(C(C)(C)C)C1=O. The van der Waals surface area contributed by atoms with Crippen molar-refractivity contribution >= 4 is 5.91 Å². The molecular formula is C11H22N2O. The lowest BCUT2D eigenvalue weighted by Gasteiger charge is -2.32. The first-order valence-corrected chi connectivity index (χ1v) is 5.19. The van der Waals surface area contributed by atoms with Crippen LogP contribution in [-0.2, 0) is 4.79 Å². The summed E-state index contributed by atoms with van der Waals surface area (Å²) in [5.74, 6) is 0.227. The molecule has 1 amide bonds. The van der Waals surface area contributed by atoms with Gasteiger partial charge in [0.25, 0.3) is 0 Å². The van der Waals surface area contributed by atoms with Gasteiger partial charge in [-0.15, -0.1) is 0 Å². The Balaban J connectivity index is 2.80. The summed E-state index contributed by atoms with van der Waals surface area (Å²) in [6.07, 6.45) is 0. The summed E-state index contributed by atoms with van der Waals surface area (Å²) < 4.78 is 0. The normalized spacial score (nSPS) is 24.6. The molecule has 1 aliphatic heterocycles. The summed E-state index contributed by atoms with van der Waals surface area (Å²) in [7, 11) is 0. The second-order valence-corrected chi connectivity index (χ2v) is 6.10. The quantitative estimate of drug-likeness (QED) is 0.641. The first-order chi connectivity index (χ1) is 6.14. The highest BCUT2D eigenvalue weighted by Gasteiger charge is 2.42. The Morgan fingerprint density at radius 1 is 1.21 bits per heavy atom. The van der Waals surface area contributed by atoms with E-state index in [-0.39, 0.29) is 22.9 Å². The molecule has 0 aliphatic carbocycles. The van der Waals surface area contributed by atoms with Gasteiger partial charge < -0.3 is 4.90 Å². The molecule has 0 bridgehead atoms. The van der Waals surface area contributed by atoms with Crippen molar-refractivity contribution in [2.45, 2.75) is 53.1 Å². The Labute approximate surface area is 86.9 Å². The minimum Gasteiger partial charge on any atom is -0.324 e. The molecule has 1 N–H and O–H groups in total. The number of amides is 1. The molecule has 1 fully saturated rings. The van der Waals surface area contributed by atoms with Crippen molar-refractivity contribution < 1.29 is 4.79 Å². The van der Waals surface area contributed by atoms with Gasteiger partial charge in [0, 0.05) is 5.54 Å². The van der Waals surface area contributed by atoms with Crippen LogP contribution in [0, 0.1) is 5.41 Å². The average molecular weight is 198 g/mol. The Morgan fingerprint density at radius 3 is 1.93 bits per heavy atom. The summed E-state index contributed by atoms with van der Waals surface area (Å²) in [6.45, 7) is 13.1. The molecule has 3 nitrogen and oxygen atoms in total. The molecule has 0 spiro atoms. The van der Waals surface area contributed by atoms with Gasteiger partial charge in [0.2, 0.25) is 5.91 Å². The van der Waals surface area contributed by atoms with E-state index in [2.05, 4.69) is 46.9 Å². The number of nitrogens with zero attached hydrogens (tertiary/aromatic N) is 1. The van der Waals surface area contributed by atoms with Crippen LogP contribution in [0.1, 0.15) is 41.5 Å². The number of hydrogen-bond acceptors (Lipinski definition) is 2. The van der Waals surface area contributed by atoms with E-state index in [4.69, 9.17) is 0 Å². The summed E-state index contributed by atoms with van der Waals surface area (Å²) in [4.78, 5) is 14.0. The van der Waals surface area contributed by atoms with Gasteiger partial charge in [0.1, 0.15) is 0 Å². The van der Waals surface area contributed by atoms with Crippen LogP contribution in [0.15, 0.2) is 0 Å². The smallest absolute Gasteiger partial charge is 0.241 e. The van der Waals surface area contributed by atoms with Gasteiger partial charge in [-0.2, -0.15) is 0 Å². The number of hydrogen-bond donors (Lipinski definition) is 1. The van der Waals surface area contributed by atoms with Gasteiger partial charge in [-0.05, 0) is 26.2 Å². The molecule has 3 heteroatoms. The molecule has 0 aromatic heterocycles. The standard InChI is InChI=1S/C11H22N2O/c1-10(2,3)8-9(14)13(7-12-8)11(4,5)6/h8,12H,7H2,1-6H3. The van der Waals surface area contributed by atoms with Crippen molar-refractivity contribution in [3.8, 4) is 0 Å². The third kappa shape index (κ3) is 2.08. The Hall–Kier alpha value is -0.570. The number of carbonyl (C=O) groups excluding carboxylic acids is 1. The van der Waals surface area contributed by atoms with Gasteiger partial charge in [-0.3, -0.25) is 10.1 Å². The molecule has 0 aromatic carbocycles. The van der Waals surface area contributed by atoms with E-state index in [1.165, 1.54) is 0 Å². The molecule has 14 heavy (non-hydrogen) atoms. The number of nitrogens with one attached hydrogen (secondary N) is 1. The van der Waals surface area contributed by atoms with Crippen LogP contribution >= 0.6 is 0 Å².